The van der Waals surface area contributed by atoms with Gasteiger partial charge in [0.05, 0.1) is 0 Å². The van der Waals surface area contributed by atoms with Gasteiger partial charge in [0.1, 0.15) is 0 Å². The third-order valence-corrected chi connectivity index (χ3v) is 2.28. The van der Waals surface area contributed by atoms with E-state index >= 15 is 0 Å². The van der Waals surface area contributed by atoms with Crippen molar-refractivity contribution in [1.29, 1.82) is 0 Å². The minimum Gasteiger partial charge on any atom is -0.336 e. The zero-order valence-corrected chi connectivity index (χ0v) is 8.29. The van der Waals surface area contributed by atoms with Gasteiger partial charge in [0, 0.05) is 18.1 Å². The van der Waals surface area contributed by atoms with Crippen LogP contribution in [0, 0.1) is 0 Å². The molecule has 2 atom stereocenters. The highest BCUT2D eigenvalue weighted by molar-refractivity contribution is 5.76. The molecule has 70 valence electrons. The quantitative estimate of drug-likeness (QED) is 0.636. The summed E-state index contributed by atoms with van der Waals surface area (Å²) in [6, 6.07) is 1.14. The molecule has 0 saturated carbocycles. The molecular weight excluding hydrogens is 152 g/mol. The Labute approximate surface area is 74.1 Å². The summed E-state index contributed by atoms with van der Waals surface area (Å²) in [6.07, 6.45) is 1.13. The third kappa shape index (κ3) is 1.71. The molecule has 2 unspecified atom stereocenters. The second-order valence-electron chi connectivity index (χ2n) is 3.95. The summed E-state index contributed by atoms with van der Waals surface area (Å²) < 4.78 is 0. The molecule has 1 heterocycles. The van der Waals surface area contributed by atoms with Crippen molar-refractivity contribution in [2.24, 2.45) is 0 Å². The van der Waals surface area contributed by atoms with E-state index in [1.165, 1.54) is 0 Å². The van der Waals surface area contributed by atoms with Crippen molar-refractivity contribution in [1.82, 2.24) is 10.2 Å². The fourth-order valence-corrected chi connectivity index (χ4v) is 1.74. The van der Waals surface area contributed by atoms with Crippen molar-refractivity contribution < 1.29 is 4.79 Å². The summed E-state index contributed by atoms with van der Waals surface area (Å²) >= 11 is 0. The number of likely N-dealkylation sites (tertiary alicyclic amines) is 1. The molecule has 12 heavy (non-hydrogen) atoms. The summed E-state index contributed by atoms with van der Waals surface area (Å²) in [5.41, 5.74) is 0. The molecule has 0 spiro atoms. The summed E-state index contributed by atoms with van der Waals surface area (Å²) in [5, 5.41) is 2.89. The van der Waals surface area contributed by atoms with Gasteiger partial charge >= 0.3 is 6.03 Å². The number of carbonyl (C=O) groups excluding carboxylic acids is 1. The molecule has 1 saturated heterocycles. The number of urea groups is 1. The van der Waals surface area contributed by atoms with Crippen molar-refractivity contribution in [3.05, 3.63) is 0 Å². The fourth-order valence-electron chi connectivity index (χ4n) is 1.74. The van der Waals surface area contributed by atoms with E-state index in [4.69, 9.17) is 0 Å². The highest BCUT2D eigenvalue weighted by Crippen LogP contribution is 2.24. The zero-order valence-electron chi connectivity index (χ0n) is 8.29. The van der Waals surface area contributed by atoms with Gasteiger partial charge in [-0.05, 0) is 34.1 Å². The van der Waals surface area contributed by atoms with Crippen LogP contribution in [0.15, 0.2) is 0 Å². The maximum Gasteiger partial charge on any atom is 0.318 e. The SMILES string of the molecule is CC(C)NC(=O)N1C(C)CC1C. The van der Waals surface area contributed by atoms with E-state index in [-0.39, 0.29) is 12.1 Å². The minimum absolute atomic E-state index is 0.0799. The van der Waals surface area contributed by atoms with Crippen LogP contribution in [-0.2, 0) is 0 Å². The van der Waals surface area contributed by atoms with E-state index in [2.05, 4.69) is 19.2 Å². The van der Waals surface area contributed by atoms with Crippen molar-refractivity contribution in [3.63, 3.8) is 0 Å². The molecule has 0 aromatic carbocycles. The topological polar surface area (TPSA) is 32.3 Å². The molecule has 1 fully saturated rings. The second kappa shape index (κ2) is 3.33. The normalized spacial score (nSPS) is 28.6. The van der Waals surface area contributed by atoms with Gasteiger partial charge in [-0.1, -0.05) is 0 Å². The number of rotatable bonds is 1. The van der Waals surface area contributed by atoms with E-state index in [1.54, 1.807) is 0 Å². The first-order valence-electron chi connectivity index (χ1n) is 4.61. The predicted molar refractivity (Wildman–Crippen MR) is 49.0 cm³/mol. The lowest BCUT2D eigenvalue weighted by Gasteiger charge is -2.45. The predicted octanol–water partition coefficient (Wildman–Crippen LogP) is 1.59. The van der Waals surface area contributed by atoms with Crippen LogP contribution in [0.2, 0.25) is 0 Å². The Bertz CT molecular complexity index is 171. The lowest BCUT2D eigenvalue weighted by molar-refractivity contribution is 0.0722. The number of nitrogens with one attached hydrogen (secondary N) is 1. The molecule has 0 aliphatic carbocycles. The van der Waals surface area contributed by atoms with Crippen LogP contribution >= 0.6 is 0 Å². The molecule has 0 bridgehead atoms. The number of carbonyl (C=O) groups is 1. The minimum atomic E-state index is 0.0799. The van der Waals surface area contributed by atoms with Crippen LogP contribution in [-0.4, -0.2) is 29.1 Å². The number of nitrogens with zero attached hydrogens (tertiary/aromatic N) is 1. The van der Waals surface area contributed by atoms with E-state index in [1.807, 2.05) is 18.7 Å². The van der Waals surface area contributed by atoms with Crippen LogP contribution in [0.3, 0.4) is 0 Å². The Morgan fingerprint density at radius 2 is 1.92 bits per heavy atom. The maximum absolute atomic E-state index is 11.5. The van der Waals surface area contributed by atoms with E-state index in [9.17, 15) is 4.79 Å². The Kier molecular flexibility index (Phi) is 2.60. The zero-order chi connectivity index (χ0) is 9.30. The smallest absolute Gasteiger partial charge is 0.318 e. The highest BCUT2D eigenvalue weighted by atomic mass is 16.2. The lowest BCUT2D eigenvalue weighted by Crippen LogP contribution is -2.59. The molecule has 2 amide bonds. The molecule has 1 aliphatic rings. The van der Waals surface area contributed by atoms with Gasteiger partial charge in [-0.2, -0.15) is 0 Å². The first-order valence-corrected chi connectivity index (χ1v) is 4.61. The number of hydrogen-bond acceptors (Lipinski definition) is 1. The van der Waals surface area contributed by atoms with Gasteiger partial charge in [0.25, 0.3) is 0 Å². The van der Waals surface area contributed by atoms with Crippen molar-refractivity contribution in [2.75, 3.05) is 0 Å². The average Bonchev–Trinajstić information content (AvgIpc) is 1.83. The number of hydrogen-bond donors (Lipinski definition) is 1. The van der Waals surface area contributed by atoms with Gasteiger partial charge in [-0.25, -0.2) is 4.79 Å². The first kappa shape index (κ1) is 9.36. The van der Waals surface area contributed by atoms with Gasteiger partial charge < -0.3 is 10.2 Å². The van der Waals surface area contributed by atoms with Crippen LogP contribution in [0.1, 0.15) is 34.1 Å². The summed E-state index contributed by atoms with van der Waals surface area (Å²) in [7, 11) is 0. The molecule has 3 nitrogen and oxygen atoms in total. The van der Waals surface area contributed by atoms with Crippen LogP contribution in [0.25, 0.3) is 0 Å². The standard InChI is InChI=1S/C9H18N2O/c1-6(2)10-9(12)11-7(3)5-8(11)4/h6-8H,5H2,1-4H3,(H,10,12). The van der Waals surface area contributed by atoms with Crippen LogP contribution < -0.4 is 5.32 Å². The molecule has 1 aliphatic heterocycles. The van der Waals surface area contributed by atoms with Crippen LogP contribution in [0.4, 0.5) is 4.79 Å². The molecule has 1 N–H and O–H groups in total. The summed E-state index contributed by atoms with van der Waals surface area (Å²) in [5.74, 6) is 0. The molecule has 3 heteroatoms. The Balaban J connectivity index is 2.41. The van der Waals surface area contributed by atoms with Gasteiger partial charge in [-0.15, -0.1) is 0 Å². The largest absolute Gasteiger partial charge is 0.336 e. The second-order valence-corrected chi connectivity index (χ2v) is 3.95. The summed E-state index contributed by atoms with van der Waals surface area (Å²) in [6.45, 7) is 8.12. The highest BCUT2D eigenvalue weighted by Gasteiger charge is 2.35. The average molecular weight is 170 g/mol. The molecule has 0 aromatic heterocycles. The van der Waals surface area contributed by atoms with Gasteiger partial charge in [0.15, 0.2) is 0 Å². The molecule has 0 aromatic rings. The Morgan fingerprint density at radius 1 is 1.42 bits per heavy atom. The van der Waals surface area contributed by atoms with E-state index in [0.29, 0.717) is 12.1 Å². The van der Waals surface area contributed by atoms with E-state index < -0.39 is 0 Å². The fraction of sp³-hybridized carbons (Fsp3) is 0.889. The first-order chi connectivity index (χ1) is 5.52. The Morgan fingerprint density at radius 3 is 2.25 bits per heavy atom. The van der Waals surface area contributed by atoms with E-state index in [0.717, 1.165) is 6.42 Å². The molecule has 0 radical (unpaired) electrons. The van der Waals surface area contributed by atoms with Gasteiger partial charge in [0.2, 0.25) is 0 Å². The lowest BCUT2D eigenvalue weighted by atomic mass is 9.96. The van der Waals surface area contributed by atoms with Crippen molar-refractivity contribution >= 4 is 6.03 Å². The van der Waals surface area contributed by atoms with Crippen molar-refractivity contribution in [2.45, 2.75) is 52.2 Å². The summed E-state index contributed by atoms with van der Waals surface area (Å²) in [4.78, 5) is 13.4. The van der Waals surface area contributed by atoms with Crippen molar-refractivity contribution in [3.8, 4) is 0 Å². The maximum atomic E-state index is 11.5. The monoisotopic (exact) mass is 170 g/mol. The molecule has 1 rings (SSSR count). The Hall–Kier alpha value is -0.730. The van der Waals surface area contributed by atoms with Crippen LogP contribution in [0.5, 0.6) is 0 Å². The van der Waals surface area contributed by atoms with Gasteiger partial charge in [-0.3, -0.25) is 0 Å². The number of amides is 2. The molecular formula is C9H18N2O. The third-order valence-electron chi connectivity index (χ3n) is 2.28.